The molecule has 0 atom stereocenters. The van der Waals surface area contributed by atoms with Gasteiger partial charge in [0.25, 0.3) is 5.56 Å². The molecule has 30 heavy (non-hydrogen) atoms. The van der Waals surface area contributed by atoms with Crippen molar-refractivity contribution in [2.75, 3.05) is 0 Å². The molecule has 0 aliphatic rings. The van der Waals surface area contributed by atoms with Crippen LogP contribution in [0.15, 0.2) is 46.0 Å². The first-order chi connectivity index (χ1) is 14.2. The summed E-state index contributed by atoms with van der Waals surface area (Å²) in [7, 11) is 2.91. The largest absolute Gasteiger partial charge is 0.332 e. The molecular weight excluding hydrogens is 470 g/mol. The summed E-state index contributed by atoms with van der Waals surface area (Å²) in [6, 6.07) is 9.98. The lowest BCUT2D eigenvalue weighted by atomic mass is 10.0. The Labute approximate surface area is 190 Å². The fraction of sp³-hybridized carbons (Fsp3) is 0.100. The fourth-order valence-corrected chi connectivity index (χ4v) is 3.65. The van der Waals surface area contributed by atoms with E-state index < -0.39 is 11.2 Å². The summed E-state index contributed by atoms with van der Waals surface area (Å²) in [5.41, 5.74) is 1.12. The lowest BCUT2D eigenvalue weighted by Crippen LogP contribution is -2.37. The molecule has 0 aliphatic heterocycles. The molecule has 0 amide bonds. The minimum Gasteiger partial charge on any atom is -0.279 e. The third-order valence-corrected chi connectivity index (χ3v) is 6.14. The number of aromatic nitrogens is 4. The zero-order valence-electron chi connectivity index (χ0n) is 15.6. The van der Waals surface area contributed by atoms with Gasteiger partial charge in [-0.25, -0.2) is 14.8 Å². The Morgan fingerprint density at radius 3 is 1.70 bits per heavy atom. The van der Waals surface area contributed by atoms with E-state index in [-0.39, 0.29) is 11.2 Å². The topological polar surface area (TPSA) is 69.8 Å². The van der Waals surface area contributed by atoms with Gasteiger partial charge in [0, 0.05) is 25.2 Å². The van der Waals surface area contributed by atoms with Crippen molar-refractivity contribution in [2.24, 2.45) is 14.1 Å². The molecule has 6 nitrogen and oxygen atoms in total. The SMILES string of the molecule is Cn1c(=O)c2nc(-c3ccc(Cl)c(Cl)c3)c(-c3ccc(Cl)c(Cl)c3)nc2n(C)c1=O. The van der Waals surface area contributed by atoms with Gasteiger partial charge in [0.1, 0.15) is 0 Å². The second kappa shape index (κ2) is 7.71. The molecule has 152 valence electrons. The van der Waals surface area contributed by atoms with Gasteiger partial charge in [-0.1, -0.05) is 58.5 Å². The second-order valence-electron chi connectivity index (χ2n) is 6.56. The Balaban J connectivity index is 2.16. The highest BCUT2D eigenvalue weighted by molar-refractivity contribution is 6.42. The van der Waals surface area contributed by atoms with Crippen LogP contribution in [0.4, 0.5) is 0 Å². The van der Waals surface area contributed by atoms with Gasteiger partial charge in [-0.15, -0.1) is 0 Å². The van der Waals surface area contributed by atoms with Crippen LogP contribution in [0.2, 0.25) is 20.1 Å². The van der Waals surface area contributed by atoms with Crippen molar-refractivity contribution < 1.29 is 0 Å². The van der Waals surface area contributed by atoms with Crippen molar-refractivity contribution in [2.45, 2.75) is 0 Å². The predicted molar refractivity (Wildman–Crippen MR) is 121 cm³/mol. The van der Waals surface area contributed by atoms with Crippen LogP contribution in [-0.2, 0) is 14.1 Å². The third kappa shape index (κ3) is 3.40. The Hall–Kier alpha value is -2.38. The molecule has 0 N–H and O–H groups in total. The summed E-state index contributed by atoms with van der Waals surface area (Å²) in [6.07, 6.45) is 0. The van der Waals surface area contributed by atoms with Crippen LogP contribution in [0.5, 0.6) is 0 Å². The lowest BCUT2D eigenvalue weighted by Gasteiger charge is -2.13. The van der Waals surface area contributed by atoms with Crippen molar-refractivity contribution in [1.29, 1.82) is 0 Å². The first-order valence-corrected chi connectivity index (χ1v) is 10.1. The summed E-state index contributed by atoms with van der Waals surface area (Å²) in [5, 5.41) is 1.41. The molecule has 0 saturated heterocycles. The maximum absolute atomic E-state index is 12.7. The minimum atomic E-state index is -0.553. The molecule has 4 rings (SSSR count). The van der Waals surface area contributed by atoms with E-state index in [9.17, 15) is 9.59 Å². The number of nitrogens with zero attached hydrogens (tertiary/aromatic N) is 4. The number of halogens is 4. The van der Waals surface area contributed by atoms with Crippen LogP contribution in [0.3, 0.4) is 0 Å². The average molecular weight is 482 g/mol. The van der Waals surface area contributed by atoms with Crippen molar-refractivity contribution in [1.82, 2.24) is 19.1 Å². The van der Waals surface area contributed by atoms with Gasteiger partial charge in [0.2, 0.25) is 0 Å². The van der Waals surface area contributed by atoms with E-state index in [2.05, 4.69) is 9.97 Å². The van der Waals surface area contributed by atoms with E-state index in [0.717, 1.165) is 4.57 Å². The lowest BCUT2D eigenvalue weighted by molar-refractivity contribution is 0.705. The highest BCUT2D eigenvalue weighted by Gasteiger charge is 2.19. The van der Waals surface area contributed by atoms with Gasteiger partial charge in [0.05, 0.1) is 31.5 Å². The summed E-state index contributed by atoms with van der Waals surface area (Å²) < 4.78 is 2.25. The second-order valence-corrected chi connectivity index (χ2v) is 8.19. The van der Waals surface area contributed by atoms with Crippen LogP contribution < -0.4 is 11.2 Å². The molecule has 10 heteroatoms. The van der Waals surface area contributed by atoms with Gasteiger partial charge in [0.15, 0.2) is 11.2 Å². The number of fused-ring (bicyclic) bond motifs is 1. The minimum absolute atomic E-state index is 0.0458. The molecule has 0 radical (unpaired) electrons. The number of benzene rings is 2. The molecule has 4 aromatic rings. The van der Waals surface area contributed by atoms with E-state index in [0.29, 0.717) is 42.6 Å². The zero-order chi connectivity index (χ0) is 21.7. The number of hydrogen-bond acceptors (Lipinski definition) is 4. The standard InChI is InChI=1S/C20H12Cl4N4O2/c1-27-18-17(19(29)28(2)20(27)30)25-15(9-3-5-11(21)13(23)7-9)16(26-18)10-4-6-12(22)14(24)8-10/h3-8H,1-2H3. The van der Waals surface area contributed by atoms with E-state index in [1.165, 1.54) is 18.7 Å². The highest BCUT2D eigenvalue weighted by Crippen LogP contribution is 2.35. The molecule has 0 saturated carbocycles. The van der Waals surface area contributed by atoms with Crippen LogP contribution in [0.25, 0.3) is 33.7 Å². The summed E-state index contributed by atoms with van der Waals surface area (Å²) >= 11 is 24.5. The quantitative estimate of drug-likeness (QED) is 0.405. The van der Waals surface area contributed by atoms with Gasteiger partial charge in [-0.3, -0.25) is 13.9 Å². The molecule has 2 aromatic heterocycles. The van der Waals surface area contributed by atoms with Crippen LogP contribution in [0.1, 0.15) is 0 Å². The maximum atomic E-state index is 12.7. The average Bonchev–Trinajstić information content (AvgIpc) is 2.73. The van der Waals surface area contributed by atoms with E-state index in [1.54, 1.807) is 36.4 Å². The highest BCUT2D eigenvalue weighted by atomic mass is 35.5. The third-order valence-electron chi connectivity index (χ3n) is 4.66. The fourth-order valence-electron chi connectivity index (χ4n) is 3.05. The van der Waals surface area contributed by atoms with E-state index in [4.69, 9.17) is 46.4 Å². The first-order valence-electron chi connectivity index (χ1n) is 8.57. The van der Waals surface area contributed by atoms with Crippen molar-refractivity contribution in [3.63, 3.8) is 0 Å². The first kappa shape index (κ1) is 20.9. The molecule has 0 fully saturated rings. The van der Waals surface area contributed by atoms with Gasteiger partial charge >= 0.3 is 5.69 Å². The monoisotopic (exact) mass is 480 g/mol. The van der Waals surface area contributed by atoms with Gasteiger partial charge in [-0.2, -0.15) is 0 Å². The Bertz CT molecular complexity index is 1460. The van der Waals surface area contributed by atoms with Crippen molar-refractivity contribution in [3.8, 4) is 22.5 Å². The number of aryl methyl sites for hydroxylation is 1. The molecule has 0 bridgehead atoms. The summed E-state index contributed by atoms with van der Waals surface area (Å²) in [5.74, 6) is 0. The normalized spacial score (nSPS) is 11.3. The summed E-state index contributed by atoms with van der Waals surface area (Å²) in [6.45, 7) is 0. The molecule has 0 spiro atoms. The number of rotatable bonds is 2. The van der Waals surface area contributed by atoms with Crippen molar-refractivity contribution in [3.05, 3.63) is 77.3 Å². The predicted octanol–water partition coefficient (Wildman–Crippen LogP) is 4.97. The van der Waals surface area contributed by atoms with Crippen molar-refractivity contribution >= 4 is 57.6 Å². The van der Waals surface area contributed by atoms with Crippen LogP contribution >= 0.6 is 46.4 Å². The van der Waals surface area contributed by atoms with Crippen LogP contribution in [0, 0.1) is 0 Å². The Morgan fingerprint density at radius 1 is 0.700 bits per heavy atom. The zero-order valence-corrected chi connectivity index (χ0v) is 18.6. The van der Waals surface area contributed by atoms with E-state index in [1.807, 2.05) is 0 Å². The summed E-state index contributed by atoms with van der Waals surface area (Å²) in [4.78, 5) is 34.3. The smallest absolute Gasteiger partial charge is 0.279 e. The van der Waals surface area contributed by atoms with Gasteiger partial charge in [-0.05, 0) is 24.3 Å². The molecule has 0 unspecified atom stereocenters. The van der Waals surface area contributed by atoms with Crippen LogP contribution in [-0.4, -0.2) is 19.1 Å². The maximum Gasteiger partial charge on any atom is 0.332 e. The Kier molecular flexibility index (Phi) is 5.36. The molecule has 0 aliphatic carbocycles. The van der Waals surface area contributed by atoms with Gasteiger partial charge < -0.3 is 0 Å². The van der Waals surface area contributed by atoms with E-state index >= 15 is 0 Å². The number of hydrogen-bond donors (Lipinski definition) is 0. The Morgan fingerprint density at radius 2 is 1.20 bits per heavy atom. The molecule has 2 aromatic carbocycles. The molecule has 2 heterocycles. The molecular formula is C20H12Cl4N4O2.